The van der Waals surface area contributed by atoms with Gasteiger partial charge in [-0.3, -0.25) is 57.7 Å². The number of hydrogen-bond acceptors (Lipinski definition) is 17. The van der Waals surface area contributed by atoms with E-state index in [9.17, 15) is 83.1 Å². The number of carbonyl (C=O) groups is 12. The van der Waals surface area contributed by atoms with Crippen LogP contribution in [0.4, 0.5) is 0 Å². The van der Waals surface area contributed by atoms with E-state index in [1.807, 2.05) is 0 Å². The minimum absolute atomic E-state index is 0.0185. The lowest BCUT2D eigenvalue weighted by Gasteiger charge is -2.28. The van der Waals surface area contributed by atoms with Gasteiger partial charge in [0.15, 0.2) is 5.96 Å². The third-order valence-electron chi connectivity index (χ3n) is 11.7. The number of hydrogen-bond donors (Lipinski definition) is 18. The maximum Gasteiger partial charge on any atom is 0.326 e. The van der Waals surface area contributed by atoms with E-state index < -0.39 is 170 Å². The minimum Gasteiger partial charge on any atom is -0.508 e. The van der Waals surface area contributed by atoms with Crippen molar-refractivity contribution in [1.29, 1.82) is 0 Å². The van der Waals surface area contributed by atoms with Crippen molar-refractivity contribution in [2.45, 2.75) is 134 Å². The number of aromatic amines is 1. The Morgan fingerprint density at radius 3 is 1.65 bits per heavy atom. The maximum atomic E-state index is 14.0. The van der Waals surface area contributed by atoms with Crippen LogP contribution in [0.2, 0.25) is 0 Å². The smallest absolute Gasteiger partial charge is 0.326 e. The molecule has 0 saturated heterocycles. The lowest BCUT2D eigenvalue weighted by molar-refractivity contribution is -0.144. The number of nitrogens with zero attached hydrogens (tertiary/aromatic N) is 2. The molecule has 80 heavy (non-hydrogen) atoms. The number of nitrogens with two attached hydrogens (primary N) is 3. The number of rotatable bonds is 35. The summed E-state index contributed by atoms with van der Waals surface area (Å²) in [5.74, 6) is -15.4. The number of imidazole rings is 1. The lowest BCUT2D eigenvalue weighted by Crippen LogP contribution is -2.61. The molecule has 1 heterocycles. The molecule has 0 fully saturated rings. The highest BCUT2D eigenvalue weighted by atomic mass is 16.4. The quantitative estimate of drug-likeness (QED) is 0.0174. The van der Waals surface area contributed by atoms with Gasteiger partial charge in [0.25, 0.3) is 0 Å². The Morgan fingerprint density at radius 1 is 0.600 bits per heavy atom. The van der Waals surface area contributed by atoms with Crippen molar-refractivity contribution in [3.8, 4) is 5.75 Å². The van der Waals surface area contributed by atoms with Gasteiger partial charge >= 0.3 is 17.9 Å². The molecule has 1 aromatic heterocycles. The average Bonchev–Trinajstić information content (AvgIpc) is 3.90. The molecule has 0 aliphatic rings. The van der Waals surface area contributed by atoms with Gasteiger partial charge in [-0.05, 0) is 55.7 Å². The largest absolute Gasteiger partial charge is 0.508 e. The number of phenols is 1. The zero-order valence-corrected chi connectivity index (χ0v) is 44.6. The predicted molar refractivity (Wildman–Crippen MR) is 280 cm³/mol. The molecule has 9 atom stereocenters. The molecule has 2 aromatic rings. The Balaban J connectivity index is 2.41. The third kappa shape index (κ3) is 24.2. The molecule has 1 aromatic carbocycles. The molecule has 2 rings (SSSR count). The fourth-order valence-corrected chi connectivity index (χ4v) is 7.39. The van der Waals surface area contributed by atoms with Crippen molar-refractivity contribution < 1.29 is 83.1 Å². The molecular weight excluding hydrogens is 1060 g/mol. The number of carbonyl (C=O) groups excluding carboxylic acids is 9. The first-order valence-electron chi connectivity index (χ1n) is 25.1. The van der Waals surface area contributed by atoms with Crippen molar-refractivity contribution >= 4 is 77.0 Å². The molecule has 0 spiro atoms. The van der Waals surface area contributed by atoms with Crippen LogP contribution in [-0.4, -0.2) is 187 Å². The Bertz CT molecular complexity index is 2500. The summed E-state index contributed by atoms with van der Waals surface area (Å²) in [5, 5.41) is 70.2. The Kier molecular flexibility index (Phi) is 28.0. The van der Waals surface area contributed by atoms with Crippen LogP contribution in [0.25, 0.3) is 0 Å². The molecule has 32 nitrogen and oxygen atoms in total. The molecule has 0 radical (unpaired) electrons. The molecule has 442 valence electrons. The number of carboxylic acids is 3. The van der Waals surface area contributed by atoms with Gasteiger partial charge in [0.2, 0.25) is 53.2 Å². The van der Waals surface area contributed by atoms with Crippen LogP contribution in [0.1, 0.15) is 78.0 Å². The van der Waals surface area contributed by atoms with Crippen LogP contribution in [0.5, 0.6) is 5.75 Å². The number of phenolic OH excluding ortho intramolecular Hbond substituents is 1. The second-order valence-corrected chi connectivity index (χ2v) is 19.0. The number of amides is 9. The summed E-state index contributed by atoms with van der Waals surface area (Å²) >= 11 is 0. The third-order valence-corrected chi connectivity index (χ3v) is 11.7. The summed E-state index contributed by atoms with van der Waals surface area (Å²) in [7, 11) is 0. The van der Waals surface area contributed by atoms with Gasteiger partial charge in [-0.2, -0.15) is 0 Å². The van der Waals surface area contributed by atoms with E-state index in [1.165, 1.54) is 50.6 Å². The number of benzene rings is 1. The standard InChI is InChI=1S/C48H73N15O17/c1-22(2)37(61-33(66)18-49)45(77)60-30(15-25-8-10-27(65)11-9-25)43(75)59-32(17-36(70)71)40(72)54-20-34(67)56-28(7-6-14-53-48(50)51)41(73)57-29(12-13-35(68)69)42(74)58-31(16-26-19-52-21-55-26)44(76)63-39(24(5)64)46(78)62-38(23(3)4)47(79)80/h8-11,19,21-24,28-32,37-39,64-65H,6-7,12-18,20,49H2,1-5H3,(H,52,55)(H,54,72)(H,56,67)(H,57,73)(H,58,74)(H,59,75)(H,60,77)(H,61,66)(H,62,78)(H,63,76)(H,68,69)(H,70,71)(H,79,80)(H4,50,51,53)/t24-,28+,29+,30+,31+,32+,37+,38+,39+/m1/s1. The van der Waals surface area contributed by atoms with Crippen molar-refractivity contribution in [2.75, 3.05) is 19.6 Å². The van der Waals surface area contributed by atoms with Crippen molar-refractivity contribution in [2.24, 2.45) is 34.0 Å². The van der Waals surface area contributed by atoms with Gasteiger partial charge in [-0.15, -0.1) is 0 Å². The SMILES string of the molecule is CC(C)[C@H](NC(=O)[C@@H](NC(=O)[C@H](Cc1cnc[nH]1)NC(=O)[C@H](CCC(=O)O)NC(=O)[C@H](CCCN=C(N)N)NC(=O)CNC(=O)[C@H](CC(=O)O)NC(=O)[C@H](Cc1ccc(O)cc1)NC(=O)[C@@H](NC(=O)CN)C(C)C)[C@@H](C)O)C(=O)O. The van der Waals surface area contributed by atoms with Gasteiger partial charge in [-0.1, -0.05) is 39.8 Å². The Hall–Kier alpha value is -8.94. The second-order valence-electron chi connectivity index (χ2n) is 19.0. The number of aromatic nitrogens is 2. The molecule has 0 saturated carbocycles. The van der Waals surface area contributed by atoms with Gasteiger partial charge in [-0.25, -0.2) is 9.78 Å². The van der Waals surface area contributed by atoms with E-state index in [2.05, 4.69) is 62.8 Å². The van der Waals surface area contributed by atoms with Gasteiger partial charge in [0.1, 0.15) is 54.1 Å². The molecule has 0 aliphatic carbocycles. The summed E-state index contributed by atoms with van der Waals surface area (Å²) in [6.07, 6.45) is -2.43. The molecule has 9 amide bonds. The molecule has 0 unspecified atom stereocenters. The summed E-state index contributed by atoms with van der Waals surface area (Å²) in [6, 6.07) is -7.39. The topological polar surface area (TPSA) is 533 Å². The Labute approximate surface area is 458 Å². The number of aromatic hydroxyl groups is 1. The van der Waals surface area contributed by atoms with E-state index >= 15 is 0 Å². The number of guanidine groups is 1. The van der Waals surface area contributed by atoms with E-state index in [4.69, 9.17) is 17.2 Å². The van der Waals surface area contributed by atoms with Crippen LogP contribution in [-0.2, 0) is 70.4 Å². The van der Waals surface area contributed by atoms with E-state index in [1.54, 1.807) is 13.8 Å². The summed E-state index contributed by atoms with van der Waals surface area (Å²) in [4.78, 5) is 168. The van der Waals surface area contributed by atoms with Crippen LogP contribution >= 0.6 is 0 Å². The predicted octanol–water partition coefficient (Wildman–Crippen LogP) is -5.98. The highest BCUT2D eigenvalue weighted by Crippen LogP contribution is 2.14. The first kappa shape index (κ1) is 67.2. The highest BCUT2D eigenvalue weighted by Gasteiger charge is 2.36. The van der Waals surface area contributed by atoms with Gasteiger partial charge in [0, 0.05) is 37.7 Å². The van der Waals surface area contributed by atoms with Gasteiger partial charge < -0.3 is 95.6 Å². The summed E-state index contributed by atoms with van der Waals surface area (Å²) in [6.45, 7) is 5.81. The molecular formula is C48H73N15O17. The lowest BCUT2D eigenvalue weighted by atomic mass is 10.0. The molecule has 0 aliphatic heterocycles. The average molecular weight is 1130 g/mol. The zero-order valence-electron chi connectivity index (χ0n) is 44.6. The summed E-state index contributed by atoms with van der Waals surface area (Å²) in [5.41, 5.74) is 16.9. The van der Waals surface area contributed by atoms with Crippen molar-refractivity contribution in [1.82, 2.24) is 57.8 Å². The van der Waals surface area contributed by atoms with Crippen molar-refractivity contribution in [3.63, 3.8) is 0 Å². The number of H-pyrrole nitrogens is 1. The molecule has 21 N–H and O–H groups in total. The monoisotopic (exact) mass is 1130 g/mol. The normalized spacial score (nSPS) is 14.4. The zero-order chi connectivity index (χ0) is 60.4. The van der Waals surface area contributed by atoms with Crippen LogP contribution in [0, 0.1) is 11.8 Å². The van der Waals surface area contributed by atoms with E-state index in [0.717, 1.165) is 6.92 Å². The fourth-order valence-electron chi connectivity index (χ4n) is 7.39. The number of aliphatic hydroxyl groups excluding tert-OH is 1. The highest BCUT2D eigenvalue weighted by molar-refractivity contribution is 5.99. The molecule has 32 heteroatoms. The Morgan fingerprint density at radius 2 is 1.12 bits per heavy atom. The van der Waals surface area contributed by atoms with E-state index in [-0.39, 0.29) is 49.6 Å². The maximum absolute atomic E-state index is 14.0. The number of aliphatic imine (C=N–C) groups is 1. The first-order valence-corrected chi connectivity index (χ1v) is 25.1. The fraction of sp³-hybridized carbons (Fsp3) is 0.542. The van der Waals surface area contributed by atoms with E-state index in [0.29, 0.717) is 5.56 Å². The molecule has 0 bridgehead atoms. The minimum atomic E-state index is -1.90. The number of carboxylic acid groups (broad SMARTS) is 3. The number of aliphatic hydroxyl groups is 1. The first-order chi connectivity index (χ1) is 37.5. The summed E-state index contributed by atoms with van der Waals surface area (Å²) < 4.78 is 0. The van der Waals surface area contributed by atoms with Crippen LogP contribution < -0.4 is 65.1 Å². The van der Waals surface area contributed by atoms with Gasteiger partial charge in [0.05, 0.1) is 31.9 Å². The van der Waals surface area contributed by atoms with Crippen molar-refractivity contribution in [3.05, 3.63) is 48.0 Å². The number of aliphatic carboxylic acids is 3. The van der Waals surface area contributed by atoms with Crippen LogP contribution in [0.3, 0.4) is 0 Å². The second kappa shape index (κ2) is 33.4. The number of nitrogens with one attached hydrogen (secondary N) is 10. The van der Waals surface area contributed by atoms with Crippen LogP contribution in [0.15, 0.2) is 41.8 Å².